The van der Waals surface area contributed by atoms with Gasteiger partial charge in [-0.2, -0.15) is 0 Å². The van der Waals surface area contributed by atoms with E-state index < -0.39 is 17.1 Å². The quantitative estimate of drug-likeness (QED) is 0.222. The van der Waals surface area contributed by atoms with Crippen LogP contribution in [0.5, 0.6) is 17.2 Å². The first-order valence-corrected chi connectivity index (χ1v) is 11.9. The van der Waals surface area contributed by atoms with E-state index in [1.807, 2.05) is 0 Å². The van der Waals surface area contributed by atoms with Gasteiger partial charge in [0, 0.05) is 21.7 Å². The first-order valence-electron chi connectivity index (χ1n) is 10.3. The summed E-state index contributed by atoms with van der Waals surface area (Å²) < 4.78 is 16.2. The van der Waals surface area contributed by atoms with Crippen LogP contribution in [0.1, 0.15) is 21.5 Å². The van der Waals surface area contributed by atoms with Crippen molar-refractivity contribution in [3.8, 4) is 17.2 Å². The minimum absolute atomic E-state index is 0.0231. The summed E-state index contributed by atoms with van der Waals surface area (Å²) in [6, 6.07) is 16.3. The normalized spacial score (nSPS) is 15.7. The van der Waals surface area contributed by atoms with Crippen LogP contribution in [0.15, 0.2) is 65.6 Å². The Morgan fingerprint density at radius 3 is 2.51 bits per heavy atom. The van der Waals surface area contributed by atoms with Crippen LogP contribution in [0.2, 0.25) is 10.0 Å². The molecule has 0 aliphatic carbocycles. The van der Waals surface area contributed by atoms with Crippen LogP contribution in [0.25, 0.3) is 6.08 Å². The van der Waals surface area contributed by atoms with Crippen molar-refractivity contribution in [2.75, 3.05) is 6.79 Å². The molecule has 2 aliphatic rings. The number of hydrogen-bond acceptors (Lipinski definition) is 7. The van der Waals surface area contributed by atoms with Crippen molar-refractivity contribution < 1.29 is 28.6 Å². The van der Waals surface area contributed by atoms with Crippen LogP contribution in [0.4, 0.5) is 4.79 Å². The van der Waals surface area contributed by atoms with Gasteiger partial charge in [0.15, 0.2) is 11.5 Å². The number of imide groups is 1. The number of fused-ring (bicyclic) bond motifs is 1. The van der Waals surface area contributed by atoms with Crippen LogP contribution in [-0.4, -0.2) is 28.8 Å². The Kier molecular flexibility index (Phi) is 6.42. The SMILES string of the molecule is O=C(Oc1ccccc1/C=C1\SC(=O)N(Cc2cc3c(cc2Cl)OCO3)C1=O)c1ccc(Cl)cc1. The van der Waals surface area contributed by atoms with Gasteiger partial charge in [0.05, 0.1) is 17.0 Å². The lowest BCUT2D eigenvalue weighted by molar-refractivity contribution is -0.123. The second-order valence-electron chi connectivity index (χ2n) is 7.50. The van der Waals surface area contributed by atoms with Gasteiger partial charge in [0.2, 0.25) is 6.79 Å². The third-order valence-corrected chi connectivity index (χ3v) is 6.74. The van der Waals surface area contributed by atoms with Gasteiger partial charge in [-0.15, -0.1) is 0 Å². The Balaban J connectivity index is 1.36. The number of rotatable bonds is 5. The number of hydrogen-bond donors (Lipinski definition) is 0. The molecule has 0 spiro atoms. The van der Waals surface area contributed by atoms with Gasteiger partial charge in [-0.1, -0.05) is 41.4 Å². The molecule has 7 nitrogen and oxygen atoms in total. The molecule has 3 aromatic rings. The second-order valence-corrected chi connectivity index (χ2v) is 9.34. The minimum atomic E-state index is -0.576. The molecule has 35 heavy (non-hydrogen) atoms. The molecule has 2 aliphatic heterocycles. The van der Waals surface area contributed by atoms with E-state index in [0.717, 1.165) is 16.7 Å². The predicted molar refractivity (Wildman–Crippen MR) is 132 cm³/mol. The summed E-state index contributed by atoms with van der Waals surface area (Å²) in [5.41, 5.74) is 1.35. The molecule has 176 valence electrons. The minimum Gasteiger partial charge on any atom is -0.454 e. The first kappa shape index (κ1) is 23.3. The third kappa shape index (κ3) is 4.86. The lowest BCUT2D eigenvalue weighted by Crippen LogP contribution is -2.27. The fourth-order valence-electron chi connectivity index (χ4n) is 3.47. The Labute approximate surface area is 214 Å². The smallest absolute Gasteiger partial charge is 0.343 e. The van der Waals surface area contributed by atoms with Gasteiger partial charge in [-0.3, -0.25) is 14.5 Å². The fraction of sp³-hybridized carbons (Fsp3) is 0.0800. The number of nitrogens with zero attached hydrogens (tertiary/aromatic N) is 1. The lowest BCUT2D eigenvalue weighted by atomic mass is 10.1. The van der Waals surface area contributed by atoms with Crippen LogP contribution in [-0.2, 0) is 11.3 Å². The largest absolute Gasteiger partial charge is 0.454 e. The Morgan fingerprint density at radius 2 is 1.74 bits per heavy atom. The van der Waals surface area contributed by atoms with Crippen molar-refractivity contribution in [2.24, 2.45) is 0 Å². The molecule has 0 bridgehead atoms. The summed E-state index contributed by atoms with van der Waals surface area (Å²) in [6.45, 7) is 0.0616. The van der Waals surface area contributed by atoms with E-state index in [4.69, 9.17) is 37.4 Å². The molecule has 1 fully saturated rings. The Bertz CT molecular complexity index is 1390. The highest BCUT2D eigenvalue weighted by atomic mass is 35.5. The standard InChI is InChI=1S/C25H15Cl2NO6S/c26-17-7-5-14(6-8-17)24(30)34-19-4-2-1-3-15(19)10-22-23(29)28(25(31)35-22)12-16-9-20-21(11-18(16)27)33-13-32-20/h1-11H,12-13H2/b22-10-. The number of para-hydroxylation sites is 1. The number of carbonyl (C=O) groups is 3. The Hall–Kier alpha value is -3.46. The molecule has 0 saturated carbocycles. The lowest BCUT2D eigenvalue weighted by Gasteiger charge is -2.14. The molecule has 0 aromatic heterocycles. The average molecular weight is 528 g/mol. The van der Waals surface area contributed by atoms with Crippen molar-refractivity contribution >= 4 is 58.2 Å². The molecule has 0 radical (unpaired) electrons. The topological polar surface area (TPSA) is 82.1 Å². The number of amides is 2. The molecule has 0 atom stereocenters. The molecular weight excluding hydrogens is 513 g/mol. The van der Waals surface area contributed by atoms with E-state index in [9.17, 15) is 14.4 Å². The third-order valence-electron chi connectivity index (χ3n) is 5.23. The van der Waals surface area contributed by atoms with E-state index in [2.05, 4.69) is 0 Å². The van der Waals surface area contributed by atoms with E-state index in [0.29, 0.717) is 38.2 Å². The predicted octanol–water partition coefficient (Wildman–Crippen LogP) is 6.18. The van der Waals surface area contributed by atoms with E-state index >= 15 is 0 Å². The van der Waals surface area contributed by atoms with Crippen molar-refractivity contribution in [3.05, 3.63) is 92.3 Å². The maximum Gasteiger partial charge on any atom is 0.343 e. The highest BCUT2D eigenvalue weighted by Crippen LogP contribution is 2.40. The number of benzene rings is 3. The van der Waals surface area contributed by atoms with Crippen LogP contribution < -0.4 is 14.2 Å². The van der Waals surface area contributed by atoms with Crippen molar-refractivity contribution in [1.82, 2.24) is 4.90 Å². The zero-order chi connectivity index (χ0) is 24.5. The number of esters is 1. The summed E-state index contributed by atoms with van der Waals surface area (Å²) in [5, 5.41) is 0.419. The molecule has 1 saturated heterocycles. The van der Waals surface area contributed by atoms with Crippen molar-refractivity contribution in [1.29, 1.82) is 0 Å². The van der Waals surface area contributed by atoms with Gasteiger partial charge in [0.25, 0.3) is 11.1 Å². The molecule has 5 rings (SSSR count). The van der Waals surface area contributed by atoms with Crippen molar-refractivity contribution in [2.45, 2.75) is 6.54 Å². The molecule has 3 aromatic carbocycles. The van der Waals surface area contributed by atoms with Gasteiger partial charge in [-0.05, 0) is 59.8 Å². The van der Waals surface area contributed by atoms with Crippen LogP contribution in [0.3, 0.4) is 0 Å². The summed E-state index contributed by atoms with van der Waals surface area (Å²) in [6.07, 6.45) is 1.52. The summed E-state index contributed by atoms with van der Waals surface area (Å²) in [5.74, 6) is 0.208. The average Bonchev–Trinajstić information content (AvgIpc) is 3.40. The van der Waals surface area contributed by atoms with Crippen LogP contribution in [0, 0.1) is 0 Å². The highest BCUT2D eigenvalue weighted by molar-refractivity contribution is 8.18. The van der Waals surface area contributed by atoms with Crippen molar-refractivity contribution in [3.63, 3.8) is 0 Å². The Morgan fingerprint density at radius 1 is 1.03 bits per heavy atom. The molecule has 10 heteroatoms. The van der Waals surface area contributed by atoms with Gasteiger partial charge >= 0.3 is 5.97 Å². The molecule has 2 heterocycles. The number of halogens is 2. The molecular formula is C25H15Cl2NO6S. The summed E-state index contributed by atoms with van der Waals surface area (Å²) >= 11 is 13.0. The summed E-state index contributed by atoms with van der Waals surface area (Å²) in [7, 11) is 0. The maximum absolute atomic E-state index is 13.1. The molecule has 0 N–H and O–H groups in total. The van der Waals surface area contributed by atoms with Crippen LogP contribution >= 0.6 is 35.0 Å². The van der Waals surface area contributed by atoms with E-state index in [1.165, 1.54) is 6.08 Å². The number of carbonyl (C=O) groups excluding carboxylic acids is 3. The fourth-order valence-corrected chi connectivity index (χ4v) is 4.63. The first-order chi connectivity index (χ1) is 16.9. The molecule has 0 unspecified atom stereocenters. The highest BCUT2D eigenvalue weighted by Gasteiger charge is 2.36. The maximum atomic E-state index is 13.1. The second kappa shape index (κ2) is 9.65. The van der Waals surface area contributed by atoms with E-state index in [1.54, 1.807) is 60.7 Å². The van der Waals surface area contributed by atoms with Gasteiger partial charge < -0.3 is 14.2 Å². The monoisotopic (exact) mass is 527 g/mol. The zero-order valence-electron chi connectivity index (χ0n) is 17.8. The zero-order valence-corrected chi connectivity index (χ0v) is 20.2. The number of ether oxygens (including phenoxy) is 3. The van der Waals surface area contributed by atoms with Gasteiger partial charge in [-0.25, -0.2) is 4.79 Å². The molecule has 2 amide bonds. The number of thioether (sulfide) groups is 1. The van der Waals surface area contributed by atoms with Gasteiger partial charge in [0.1, 0.15) is 5.75 Å². The van der Waals surface area contributed by atoms with E-state index in [-0.39, 0.29) is 24.0 Å². The summed E-state index contributed by atoms with van der Waals surface area (Å²) in [4.78, 5) is 39.5.